The highest BCUT2D eigenvalue weighted by Gasteiger charge is 2.20. The fraction of sp³-hybridized carbons (Fsp3) is 0.259. The molecule has 0 aliphatic carbocycles. The Morgan fingerprint density at radius 3 is 2.39 bits per heavy atom. The van der Waals surface area contributed by atoms with Crippen molar-refractivity contribution in [2.24, 2.45) is 5.92 Å². The summed E-state index contributed by atoms with van der Waals surface area (Å²) in [6, 6.07) is 12.1. The zero-order chi connectivity index (χ0) is 26.0. The SMILES string of the molecule is Cc1c(CC(=O)NCC(=O)N[C@H](C(=O)[O-])C(C)C)c(=O)oc2cc3occ(-c4ccccc4)c3cc12. The molecule has 0 saturated carbocycles. The summed E-state index contributed by atoms with van der Waals surface area (Å²) >= 11 is 0. The number of carbonyl (C=O) groups excluding carboxylic acids is 3. The van der Waals surface area contributed by atoms with Gasteiger partial charge in [-0.3, -0.25) is 9.59 Å². The first kappa shape index (κ1) is 24.7. The summed E-state index contributed by atoms with van der Waals surface area (Å²) in [6.45, 7) is 4.54. The number of hydrogen-bond donors (Lipinski definition) is 2. The van der Waals surface area contributed by atoms with Crippen molar-refractivity contribution in [1.82, 2.24) is 10.6 Å². The van der Waals surface area contributed by atoms with Gasteiger partial charge >= 0.3 is 5.63 Å². The molecule has 4 rings (SSSR count). The maximum absolute atomic E-state index is 12.7. The average molecular weight is 490 g/mol. The number of benzene rings is 2. The van der Waals surface area contributed by atoms with Crippen molar-refractivity contribution in [3.05, 3.63) is 70.3 Å². The molecule has 2 aromatic carbocycles. The zero-order valence-electron chi connectivity index (χ0n) is 20.0. The van der Waals surface area contributed by atoms with Crippen LogP contribution in [0.5, 0.6) is 0 Å². The third-order valence-electron chi connectivity index (χ3n) is 6.09. The Balaban J connectivity index is 1.56. The van der Waals surface area contributed by atoms with E-state index in [1.165, 1.54) is 0 Å². The van der Waals surface area contributed by atoms with Gasteiger partial charge in [0, 0.05) is 22.4 Å². The summed E-state index contributed by atoms with van der Waals surface area (Å²) in [4.78, 5) is 48.4. The number of hydrogen-bond acceptors (Lipinski definition) is 7. The largest absolute Gasteiger partial charge is 0.548 e. The zero-order valence-corrected chi connectivity index (χ0v) is 20.0. The summed E-state index contributed by atoms with van der Waals surface area (Å²) < 4.78 is 11.2. The van der Waals surface area contributed by atoms with Crippen molar-refractivity contribution in [3.8, 4) is 11.1 Å². The highest BCUT2D eigenvalue weighted by molar-refractivity contribution is 6.02. The lowest BCUT2D eigenvalue weighted by molar-refractivity contribution is -0.309. The van der Waals surface area contributed by atoms with E-state index in [0.717, 1.165) is 16.5 Å². The molecule has 0 unspecified atom stereocenters. The summed E-state index contributed by atoms with van der Waals surface area (Å²) in [6.07, 6.45) is 1.34. The van der Waals surface area contributed by atoms with Gasteiger partial charge in [-0.25, -0.2) is 4.79 Å². The van der Waals surface area contributed by atoms with Crippen molar-refractivity contribution in [3.63, 3.8) is 0 Å². The second-order valence-corrected chi connectivity index (χ2v) is 8.91. The summed E-state index contributed by atoms with van der Waals surface area (Å²) in [5, 5.41) is 17.4. The maximum atomic E-state index is 12.7. The van der Waals surface area contributed by atoms with E-state index >= 15 is 0 Å². The van der Waals surface area contributed by atoms with Crippen LogP contribution in [0.15, 0.2) is 62.4 Å². The van der Waals surface area contributed by atoms with Crippen molar-refractivity contribution >= 4 is 39.7 Å². The Kier molecular flexibility index (Phi) is 6.91. The van der Waals surface area contributed by atoms with Crippen LogP contribution in [0.3, 0.4) is 0 Å². The van der Waals surface area contributed by atoms with Crippen LogP contribution in [0.4, 0.5) is 0 Å². The molecule has 0 aliphatic heterocycles. The number of carboxylic acid groups (broad SMARTS) is 1. The van der Waals surface area contributed by atoms with E-state index < -0.39 is 36.0 Å². The molecule has 2 heterocycles. The number of nitrogens with one attached hydrogen (secondary N) is 2. The lowest BCUT2D eigenvalue weighted by Crippen LogP contribution is -2.53. The second kappa shape index (κ2) is 10.1. The van der Waals surface area contributed by atoms with Crippen molar-refractivity contribution in [2.75, 3.05) is 6.54 Å². The van der Waals surface area contributed by atoms with Gasteiger partial charge < -0.3 is 29.4 Å². The second-order valence-electron chi connectivity index (χ2n) is 8.91. The van der Waals surface area contributed by atoms with Crippen molar-refractivity contribution in [2.45, 2.75) is 33.2 Å². The number of carboxylic acids is 1. The smallest absolute Gasteiger partial charge is 0.340 e. The number of amides is 2. The molecular weight excluding hydrogens is 464 g/mol. The van der Waals surface area contributed by atoms with Gasteiger partial charge in [-0.1, -0.05) is 44.2 Å². The van der Waals surface area contributed by atoms with E-state index in [-0.39, 0.29) is 17.9 Å². The first-order valence-electron chi connectivity index (χ1n) is 11.5. The predicted molar refractivity (Wildman–Crippen MR) is 131 cm³/mol. The van der Waals surface area contributed by atoms with E-state index in [1.54, 1.807) is 33.1 Å². The van der Waals surface area contributed by atoms with E-state index in [9.17, 15) is 24.3 Å². The molecule has 0 aliphatic rings. The molecule has 2 N–H and O–H groups in total. The lowest BCUT2D eigenvalue weighted by atomic mass is 9.99. The van der Waals surface area contributed by atoms with Gasteiger partial charge in [0.1, 0.15) is 11.2 Å². The molecule has 4 aromatic rings. The molecular formula is C27H25N2O7-. The van der Waals surface area contributed by atoms with Crippen LogP contribution in [-0.2, 0) is 20.8 Å². The summed E-state index contributed by atoms with van der Waals surface area (Å²) in [5.41, 5.74) is 2.85. The number of fused-ring (bicyclic) bond motifs is 2. The maximum Gasteiger partial charge on any atom is 0.340 e. The highest BCUT2D eigenvalue weighted by atomic mass is 16.4. The molecule has 2 amide bonds. The van der Waals surface area contributed by atoms with E-state index in [0.29, 0.717) is 22.1 Å². The normalized spacial score (nSPS) is 12.1. The first-order chi connectivity index (χ1) is 17.2. The molecule has 0 spiro atoms. The molecule has 1 atom stereocenters. The Morgan fingerprint density at radius 1 is 1.00 bits per heavy atom. The molecule has 2 aromatic heterocycles. The van der Waals surface area contributed by atoms with Gasteiger partial charge in [0.15, 0.2) is 0 Å². The van der Waals surface area contributed by atoms with Gasteiger partial charge in [0.2, 0.25) is 11.8 Å². The number of furan rings is 1. The molecule has 0 radical (unpaired) electrons. The van der Waals surface area contributed by atoms with Gasteiger partial charge in [-0.15, -0.1) is 0 Å². The molecule has 9 nitrogen and oxygen atoms in total. The molecule has 36 heavy (non-hydrogen) atoms. The van der Waals surface area contributed by atoms with Gasteiger partial charge in [-0.05, 0) is 30.0 Å². The van der Waals surface area contributed by atoms with Gasteiger partial charge in [0.25, 0.3) is 0 Å². The third kappa shape index (κ3) is 5.00. The van der Waals surface area contributed by atoms with Crippen LogP contribution in [0.2, 0.25) is 0 Å². The molecule has 9 heteroatoms. The van der Waals surface area contributed by atoms with E-state index in [1.807, 2.05) is 36.4 Å². The van der Waals surface area contributed by atoms with E-state index in [4.69, 9.17) is 8.83 Å². The topological polar surface area (TPSA) is 142 Å². The third-order valence-corrected chi connectivity index (χ3v) is 6.09. The Hall–Kier alpha value is -4.40. The van der Waals surface area contributed by atoms with Crippen molar-refractivity contribution < 1.29 is 28.3 Å². The first-order valence-corrected chi connectivity index (χ1v) is 11.5. The number of aryl methyl sites for hydroxylation is 1. The van der Waals surface area contributed by atoms with Crippen LogP contribution in [0, 0.1) is 12.8 Å². The summed E-state index contributed by atoms with van der Waals surface area (Å²) in [5.74, 6) is -3.05. The number of rotatable bonds is 8. The van der Waals surface area contributed by atoms with Crippen molar-refractivity contribution in [1.29, 1.82) is 0 Å². The lowest BCUT2D eigenvalue weighted by Gasteiger charge is -2.23. The van der Waals surface area contributed by atoms with Crippen LogP contribution >= 0.6 is 0 Å². The quantitative estimate of drug-likeness (QED) is 0.361. The molecule has 0 saturated heterocycles. The predicted octanol–water partition coefficient (Wildman–Crippen LogP) is 2.06. The standard InChI is InChI=1S/C27H26N2O7/c1-14(2)25(26(32)33)29-24(31)12-28-23(30)10-18-15(3)17-9-19-20(16-7-5-4-6-8-16)13-35-21(19)11-22(17)36-27(18)34/h4-9,11,13-14,25H,10,12H2,1-3H3,(H,28,30)(H,29,31)(H,32,33)/p-1/t25-/m0/s1. The van der Waals surface area contributed by atoms with E-state index in [2.05, 4.69) is 10.6 Å². The monoisotopic (exact) mass is 489 g/mol. The summed E-state index contributed by atoms with van der Waals surface area (Å²) in [7, 11) is 0. The van der Waals surface area contributed by atoms with Crippen LogP contribution in [0.25, 0.3) is 33.1 Å². The fourth-order valence-electron chi connectivity index (χ4n) is 4.08. The number of carbonyl (C=O) groups is 3. The number of aliphatic carboxylic acids is 1. The Morgan fingerprint density at radius 2 is 1.72 bits per heavy atom. The molecule has 0 bridgehead atoms. The van der Waals surface area contributed by atoms with Gasteiger partial charge in [0.05, 0.1) is 36.8 Å². The minimum Gasteiger partial charge on any atom is -0.548 e. The highest BCUT2D eigenvalue weighted by Crippen LogP contribution is 2.34. The minimum absolute atomic E-state index is 0.166. The van der Waals surface area contributed by atoms with Crippen LogP contribution in [-0.4, -0.2) is 30.4 Å². The Labute approximate surface area is 206 Å². The Bertz CT molecular complexity index is 1520. The molecule has 0 fully saturated rings. The van der Waals surface area contributed by atoms with Crippen LogP contribution in [0.1, 0.15) is 25.0 Å². The minimum atomic E-state index is -1.41. The molecule has 186 valence electrons. The van der Waals surface area contributed by atoms with Crippen LogP contribution < -0.4 is 21.4 Å². The fourth-order valence-corrected chi connectivity index (χ4v) is 4.08. The average Bonchev–Trinajstić information content (AvgIpc) is 3.25. The van der Waals surface area contributed by atoms with Gasteiger partial charge in [-0.2, -0.15) is 0 Å².